The third-order valence-electron chi connectivity index (χ3n) is 6.17. The van der Waals surface area contributed by atoms with Gasteiger partial charge in [0.05, 0.1) is 10.6 Å². The summed E-state index contributed by atoms with van der Waals surface area (Å²) in [5.74, 6) is -0.835. The lowest BCUT2D eigenvalue weighted by atomic mass is 10.1. The molecule has 196 valence electrons. The molecular formula is C28H32ClN3O4S. The average Bonchev–Trinajstić information content (AvgIpc) is 2.88. The standard InChI is InChI=1S/C28H32ClN3O4S/c1-5-30-28(34)22(4)31(18-23-12-10-9-11-20(23)2)27(33)19-32(24-16-15-21(3)26(29)17-24)37(35,36)25-13-7-6-8-14-25/h6-17,22H,5,18-19H2,1-4H3,(H,30,34). The van der Waals surface area contributed by atoms with Crippen LogP contribution in [0.15, 0.2) is 77.7 Å². The van der Waals surface area contributed by atoms with Gasteiger partial charge in [0, 0.05) is 18.1 Å². The summed E-state index contributed by atoms with van der Waals surface area (Å²) in [5.41, 5.74) is 2.86. The molecule has 0 spiro atoms. The molecule has 9 heteroatoms. The van der Waals surface area contributed by atoms with E-state index in [1.807, 2.05) is 38.1 Å². The number of benzene rings is 3. The first-order valence-corrected chi connectivity index (χ1v) is 13.8. The van der Waals surface area contributed by atoms with Crippen LogP contribution in [0.25, 0.3) is 0 Å². The number of carbonyl (C=O) groups is 2. The van der Waals surface area contributed by atoms with E-state index in [4.69, 9.17) is 11.6 Å². The summed E-state index contributed by atoms with van der Waals surface area (Å²) < 4.78 is 28.5. The molecule has 0 bridgehead atoms. The number of hydrogen-bond donors (Lipinski definition) is 1. The molecule has 2 amide bonds. The van der Waals surface area contributed by atoms with E-state index >= 15 is 0 Å². The second-order valence-corrected chi connectivity index (χ2v) is 11.0. The molecule has 1 atom stereocenters. The minimum atomic E-state index is -4.12. The summed E-state index contributed by atoms with van der Waals surface area (Å²) >= 11 is 6.33. The highest BCUT2D eigenvalue weighted by Crippen LogP contribution is 2.28. The predicted octanol–water partition coefficient (Wildman–Crippen LogP) is 4.71. The molecule has 0 heterocycles. The first-order valence-electron chi connectivity index (χ1n) is 12.0. The SMILES string of the molecule is CCNC(=O)C(C)N(Cc1ccccc1C)C(=O)CN(c1ccc(C)c(Cl)c1)S(=O)(=O)c1ccccc1. The molecule has 37 heavy (non-hydrogen) atoms. The molecular weight excluding hydrogens is 510 g/mol. The van der Waals surface area contributed by atoms with Gasteiger partial charge in [-0.2, -0.15) is 0 Å². The van der Waals surface area contributed by atoms with Crippen LogP contribution in [0.2, 0.25) is 5.02 Å². The van der Waals surface area contributed by atoms with Gasteiger partial charge in [-0.15, -0.1) is 0 Å². The van der Waals surface area contributed by atoms with Crippen molar-refractivity contribution in [2.45, 2.75) is 45.2 Å². The first kappa shape index (κ1) is 28.2. The fourth-order valence-electron chi connectivity index (χ4n) is 3.86. The zero-order valence-corrected chi connectivity index (χ0v) is 23.0. The van der Waals surface area contributed by atoms with Gasteiger partial charge in [0.25, 0.3) is 10.0 Å². The predicted molar refractivity (Wildman–Crippen MR) is 147 cm³/mol. The van der Waals surface area contributed by atoms with Crippen molar-refractivity contribution in [1.82, 2.24) is 10.2 Å². The van der Waals surface area contributed by atoms with Gasteiger partial charge >= 0.3 is 0 Å². The fourth-order valence-corrected chi connectivity index (χ4v) is 5.46. The van der Waals surface area contributed by atoms with Gasteiger partial charge in [0.2, 0.25) is 11.8 Å². The summed E-state index contributed by atoms with van der Waals surface area (Å²) in [7, 11) is -4.12. The lowest BCUT2D eigenvalue weighted by Gasteiger charge is -2.32. The number of amides is 2. The highest BCUT2D eigenvalue weighted by molar-refractivity contribution is 7.92. The Bertz CT molecular complexity index is 1360. The van der Waals surface area contributed by atoms with E-state index in [1.54, 1.807) is 44.2 Å². The third-order valence-corrected chi connectivity index (χ3v) is 8.37. The highest BCUT2D eigenvalue weighted by Gasteiger charge is 2.32. The van der Waals surface area contributed by atoms with Crippen molar-refractivity contribution in [1.29, 1.82) is 0 Å². The maximum Gasteiger partial charge on any atom is 0.264 e. The summed E-state index contributed by atoms with van der Waals surface area (Å²) in [6, 6.07) is 19.5. The van der Waals surface area contributed by atoms with E-state index in [1.165, 1.54) is 23.1 Å². The van der Waals surface area contributed by atoms with Crippen LogP contribution >= 0.6 is 11.6 Å². The smallest absolute Gasteiger partial charge is 0.264 e. The molecule has 0 saturated heterocycles. The van der Waals surface area contributed by atoms with Crippen molar-refractivity contribution < 1.29 is 18.0 Å². The highest BCUT2D eigenvalue weighted by atomic mass is 35.5. The molecule has 0 aliphatic rings. The molecule has 3 rings (SSSR count). The second-order valence-electron chi connectivity index (χ2n) is 8.78. The van der Waals surface area contributed by atoms with Crippen LogP contribution in [-0.2, 0) is 26.2 Å². The monoisotopic (exact) mass is 541 g/mol. The minimum Gasteiger partial charge on any atom is -0.355 e. The molecule has 0 radical (unpaired) electrons. The van der Waals surface area contributed by atoms with Crippen LogP contribution < -0.4 is 9.62 Å². The van der Waals surface area contributed by atoms with Gasteiger partial charge in [-0.1, -0.05) is 60.1 Å². The van der Waals surface area contributed by atoms with Crippen molar-refractivity contribution >= 4 is 39.1 Å². The molecule has 0 aliphatic heterocycles. The van der Waals surface area contributed by atoms with Crippen LogP contribution in [0.4, 0.5) is 5.69 Å². The maximum atomic E-state index is 13.8. The molecule has 0 fully saturated rings. The number of likely N-dealkylation sites (N-methyl/N-ethyl adjacent to an activating group) is 1. The fraction of sp³-hybridized carbons (Fsp3) is 0.286. The van der Waals surface area contributed by atoms with Gasteiger partial charge in [0.15, 0.2) is 0 Å². The lowest BCUT2D eigenvalue weighted by molar-refractivity contribution is -0.139. The molecule has 7 nitrogen and oxygen atoms in total. The Labute approximate surface area is 224 Å². The second kappa shape index (κ2) is 12.3. The summed E-state index contributed by atoms with van der Waals surface area (Å²) in [4.78, 5) is 28.1. The molecule has 3 aromatic carbocycles. The first-order chi connectivity index (χ1) is 17.6. The van der Waals surface area contributed by atoms with E-state index in [2.05, 4.69) is 5.32 Å². The molecule has 0 aromatic heterocycles. The largest absolute Gasteiger partial charge is 0.355 e. The van der Waals surface area contributed by atoms with Crippen LogP contribution in [0.5, 0.6) is 0 Å². The Morgan fingerprint density at radius 1 is 0.946 bits per heavy atom. The molecule has 1 unspecified atom stereocenters. The van der Waals surface area contributed by atoms with Crippen LogP contribution in [0.1, 0.15) is 30.5 Å². The summed E-state index contributed by atoms with van der Waals surface area (Å²) in [5, 5.41) is 3.13. The van der Waals surface area contributed by atoms with Gasteiger partial charge < -0.3 is 10.2 Å². The Balaban J connectivity index is 2.05. The van der Waals surface area contributed by atoms with E-state index < -0.39 is 28.5 Å². The Hall–Kier alpha value is -3.36. The number of rotatable bonds is 10. The quantitative estimate of drug-likeness (QED) is 0.403. The third kappa shape index (κ3) is 6.70. The number of nitrogens with zero attached hydrogens (tertiary/aromatic N) is 2. The molecule has 1 N–H and O–H groups in total. The van der Waals surface area contributed by atoms with Crippen LogP contribution in [-0.4, -0.2) is 44.3 Å². The van der Waals surface area contributed by atoms with Gasteiger partial charge in [-0.05, 0) is 68.7 Å². The van der Waals surface area contributed by atoms with E-state index in [-0.39, 0.29) is 23.0 Å². The number of halogens is 1. The Morgan fingerprint density at radius 2 is 1.59 bits per heavy atom. The summed E-state index contributed by atoms with van der Waals surface area (Å²) in [6.45, 7) is 7.23. The van der Waals surface area contributed by atoms with E-state index in [9.17, 15) is 18.0 Å². The molecule has 3 aromatic rings. The number of nitrogens with one attached hydrogen (secondary N) is 1. The van der Waals surface area contributed by atoms with Crippen molar-refractivity contribution in [3.63, 3.8) is 0 Å². The van der Waals surface area contributed by atoms with Crippen LogP contribution in [0.3, 0.4) is 0 Å². The summed E-state index contributed by atoms with van der Waals surface area (Å²) in [6.07, 6.45) is 0. The lowest BCUT2D eigenvalue weighted by Crippen LogP contribution is -2.51. The maximum absolute atomic E-state index is 13.8. The number of aryl methyl sites for hydroxylation is 2. The number of sulfonamides is 1. The Kier molecular flexibility index (Phi) is 9.34. The van der Waals surface area contributed by atoms with Crippen molar-refractivity contribution in [3.8, 4) is 0 Å². The van der Waals surface area contributed by atoms with Crippen LogP contribution in [0, 0.1) is 13.8 Å². The minimum absolute atomic E-state index is 0.0433. The topological polar surface area (TPSA) is 86.8 Å². The number of hydrogen-bond acceptors (Lipinski definition) is 4. The Morgan fingerprint density at radius 3 is 2.22 bits per heavy atom. The normalized spacial score (nSPS) is 12.0. The number of carbonyl (C=O) groups excluding carboxylic acids is 2. The van der Waals surface area contributed by atoms with Crippen molar-refractivity contribution in [2.75, 3.05) is 17.4 Å². The zero-order valence-electron chi connectivity index (χ0n) is 21.4. The zero-order chi connectivity index (χ0) is 27.2. The van der Waals surface area contributed by atoms with Gasteiger partial charge in [-0.3, -0.25) is 13.9 Å². The average molecular weight is 542 g/mol. The van der Waals surface area contributed by atoms with Crippen molar-refractivity contribution in [3.05, 3.63) is 94.5 Å². The molecule has 0 saturated carbocycles. The van der Waals surface area contributed by atoms with Gasteiger partial charge in [-0.25, -0.2) is 8.42 Å². The van der Waals surface area contributed by atoms with E-state index in [0.29, 0.717) is 11.6 Å². The number of anilines is 1. The van der Waals surface area contributed by atoms with Crippen molar-refractivity contribution in [2.24, 2.45) is 0 Å². The molecule has 0 aliphatic carbocycles. The van der Waals surface area contributed by atoms with Gasteiger partial charge in [0.1, 0.15) is 12.6 Å². The van der Waals surface area contributed by atoms with E-state index in [0.717, 1.165) is 21.0 Å².